The van der Waals surface area contributed by atoms with Crippen LogP contribution in [0.2, 0.25) is 0 Å². The molecule has 1 amide bonds. The number of nitrogen functional groups attached to an aromatic ring is 1. The van der Waals surface area contributed by atoms with Crippen molar-refractivity contribution < 1.29 is 21.8 Å². The summed E-state index contributed by atoms with van der Waals surface area (Å²) in [4.78, 5) is 16.8. The van der Waals surface area contributed by atoms with Gasteiger partial charge in [0.15, 0.2) is 0 Å². The first-order valence-electron chi connectivity index (χ1n) is 12.7. The van der Waals surface area contributed by atoms with Gasteiger partial charge >= 0.3 is 16.3 Å². The highest BCUT2D eigenvalue weighted by Crippen LogP contribution is 2.44. The van der Waals surface area contributed by atoms with Crippen LogP contribution < -0.4 is 10.6 Å². The number of nitrogens with zero attached hydrogens (tertiary/aromatic N) is 2. The molecule has 0 bridgehead atoms. The molecule has 3 aromatic carbocycles. The molecule has 0 aromatic heterocycles. The fourth-order valence-corrected chi connectivity index (χ4v) is 6.72. The highest BCUT2D eigenvalue weighted by Gasteiger charge is 2.31. The summed E-state index contributed by atoms with van der Waals surface area (Å²) in [5, 5.41) is 0. The average Bonchev–Trinajstić information content (AvgIpc) is 3.22. The Morgan fingerprint density at radius 1 is 0.921 bits per heavy atom. The Morgan fingerprint density at radius 2 is 1.47 bits per heavy atom. The smallest absolute Gasteiger partial charge is 0.409 e. The van der Waals surface area contributed by atoms with Crippen LogP contribution in [0, 0.1) is 20.8 Å². The number of carbonyl (C=O) groups excluding carboxylic acids is 1. The molecule has 1 saturated heterocycles. The molecule has 5 rings (SSSR count). The van der Waals surface area contributed by atoms with Gasteiger partial charge in [0.05, 0.1) is 0 Å². The van der Waals surface area contributed by atoms with Crippen LogP contribution in [0.1, 0.15) is 39.3 Å². The third kappa shape index (κ3) is 4.71. The average molecular weight is 538 g/mol. The van der Waals surface area contributed by atoms with Crippen LogP contribution in [0.25, 0.3) is 11.1 Å². The molecule has 1 aliphatic heterocycles. The van der Waals surface area contributed by atoms with Crippen molar-refractivity contribution in [1.82, 2.24) is 4.90 Å². The van der Waals surface area contributed by atoms with E-state index in [1.165, 1.54) is 22.3 Å². The summed E-state index contributed by atoms with van der Waals surface area (Å²) in [6, 6.07) is 16.4. The molecule has 2 aliphatic rings. The van der Waals surface area contributed by atoms with Crippen LogP contribution in [0.4, 0.5) is 20.1 Å². The van der Waals surface area contributed by atoms with Crippen LogP contribution in [0.5, 0.6) is 0 Å². The maximum atomic E-state index is 13.6. The molecule has 1 aliphatic carbocycles. The molecule has 9 heteroatoms. The van der Waals surface area contributed by atoms with Crippen molar-refractivity contribution in [2.75, 3.05) is 43.4 Å². The van der Waals surface area contributed by atoms with Gasteiger partial charge in [0.2, 0.25) is 0 Å². The second kappa shape index (κ2) is 9.94. The molecule has 0 radical (unpaired) electrons. The van der Waals surface area contributed by atoms with E-state index in [0.717, 1.165) is 11.3 Å². The van der Waals surface area contributed by atoms with Crippen LogP contribution in [-0.4, -0.2) is 52.2 Å². The van der Waals surface area contributed by atoms with Gasteiger partial charge < -0.3 is 20.3 Å². The molecular formula is C29H32FN3O4S. The lowest BCUT2D eigenvalue weighted by molar-refractivity contribution is 0.0976. The molecule has 1 heterocycles. The van der Waals surface area contributed by atoms with Crippen molar-refractivity contribution in [2.45, 2.75) is 32.4 Å². The number of anilines is 2. The lowest BCUT2D eigenvalue weighted by atomic mass is 9.95. The van der Waals surface area contributed by atoms with Crippen molar-refractivity contribution in [2.24, 2.45) is 0 Å². The van der Waals surface area contributed by atoms with Crippen LogP contribution in [0.3, 0.4) is 0 Å². The summed E-state index contributed by atoms with van der Waals surface area (Å²) in [6.07, 6.45) is -0.354. The molecule has 0 unspecified atom stereocenters. The Bertz CT molecular complexity index is 1470. The highest BCUT2D eigenvalue weighted by atomic mass is 32.3. The quantitative estimate of drug-likeness (QED) is 0.361. The van der Waals surface area contributed by atoms with E-state index in [1.807, 2.05) is 31.2 Å². The Hall–Kier alpha value is -3.59. The van der Waals surface area contributed by atoms with E-state index in [-0.39, 0.29) is 18.6 Å². The zero-order valence-corrected chi connectivity index (χ0v) is 22.6. The molecule has 1 fully saturated rings. The lowest BCUT2D eigenvalue weighted by Crippen LogP contribution is -2.49. The first-order chi connectivity index (χ1) is 18.1. The number of ether oxygens (including phenoxy) is 1. The van der Waals surface area contributed by atoms with Gasteiger partial charge in [-0.05, 0) is 65.3 Å². The second-order valence-corrected chi connectivity index (χ2v) is 11.4. The topological polar surface area (TPSA) is 92.9 Å². The zero-order chi connectivity index (χ0) is 27.2. The third-order valence-corrected chi connectivity index (χ3v) is 8.56. The van der Waals surface area contributed by atoms with E-state index in [0.29, 0.717) is 48.6 Å². The summed E-state index contributed by atoms with van der Waals surface area (Å²) >= 11 is 0. The minimum absolute atomic E-state index is 0.00123. The van der Waals surface area contributed by atoms with E-state index >= 15 is 0 Å². The number of halogens is 1. The molecule has 2 N–H and O–H groups in total. The van der Waals surface area contributed by atoms with Gasteiger partial charge in [-0.2, -0.15) is 8.42 Å². The second-order valence-electron chi connectivity index (χ2n) is 10.1. The molecule has 0 saturated carbocycles. The Labute approximate surface area is 223 Å². The zero-order valence-electron chi connectivity index (χ0n) is 21.8. The molecule has 200 valence electrons. The number of rotatable bonds is 5. The maximum Gasteiger partial charge on any atom is 0.409 e. The monoisotopic (exact) mass is 537 g/mol. The molecular weight excluding hydrogens is 505 g/mol. The van der Waals surface area contributed by atoms with Crippen molar-refractivity contribution >= 4 is 27.7 Å². The number of amides is 1. The van der Waals surface area contributed by atoms with Crippen molar-refractivity contribution in [3.63, 3.8) is 0 Å². The lowest BCUT2D eigenvalue weighted by Gasteiger charge is -2.38. The van der Waals surface area contributed by atoms with Crippen LogP contribution >= 0.6 is 0 Å². The van der Waals surface area contributed by atoms with E-state index in [2.05, 4.69) is 29.2 Å². The number of benzene rings is 3. The molecule has 0 atom stereocenters. The predicted octanol–water partition coefficient (Wildman–Crippen LogP) is 5.06. The highest BCUT2D eigenvalue weighted by molar-refractivity contribution is 7.85. The fourth-order valence-electron chi connectivity index (χ4n) is 5.94. The van der Waals surface area contributed by atoms with E-state index in [1.54, 1.807) is 18.7 Å². The number of hydrogen-bond donors (Lipinski definition) is 1. The summed E-state index contributed by atoms with van der Waals surface area (Å²) in [6.45, 7) is 7.60. The van der Waals surface area contributed by atoms with E-state index in [9.17, 15) is 17.1 Å². The summed E-state index contributed by atoms with van der Waals surface area (Å²) < 4.78 is 42.2. The maximum absolute atomic E-state index is 13.6. The standard InChI is InChI=1S/C29H32FN3O4S/c1-18-26(17-38(30,35)36)19(2)28(20(3)27(18)31)32-12-14-33(15-13-32)29(34)37-16-25-23-10-6-4-8-21(23)22-9-5-7-11-24(22)25/h4-11,25H,12-17,31H2,1-3H3. The molecule has 7 nitrogen and oxygen atoms in total. The Morgan fingerprint density at radius 3 is 2.03 bits per heavy atom. The van der Waals surface area contributed by atoms with E-state index < -0.39 is 16.0 Å². The van der Waals surface area contributed by atoms with Gasteiger partial charge in [-0.25, -0.2) is 4.79 Å². The van der Waals surface area contributed by atoms with Crippen molar-refractivity contribution in [3.8, 4) is 11.1 Å². The molecule has 0 spiro atoms. The van der Waals surface area contributed by atoms with Gasteiger partial charge in [-0.15, -0.1) is 3.89 Å². The summed E-state index contributed by atoms with van der Waals surface area (Å²) in [5.41, 5.74) is 14.8. The first kappa shape index (κ1) is 26.0. The van der Waals surface area contributed by atoms with Crippen molar-refractivity contribution in [3.05, 3.63) is 81.9 Å². The number of fused-ring (bicyclic) bond motifs is 3. The van der Waals surface area contributed by atoms with Crippen LogP contribution in [-0.2, 0) is 20.7 Å². The number of carbonyl (C=O) groups is 1. The van der Waals surface area contributed by atoms with Gasteiger partial charge in [0.1, 0.15) is 12.4 Å². The number of piperazine rings is 1. The number of hydrogen-bond acceptors (Lipinski definition) is 6. The van der Waals surface area contributed by atoms with Gasteiger partial charge in [-0.1, -0.05) is 48.5 Å². The third-order valence-electron chi connectivity index (χ3n) is 7.93. The first-order valence-corrected chi connectivity index (χ1v) is 14.3. The molecule has 38 heavy (non-hydrogen) atoms. The SMILES string of the molecule is Cc1c(N)c(C)c(N2CCN(C(=O)OCC3c4ccccc4-c4ccccc43)CC2)c(C)c1CS(=O)(=O)F. The normalized spacial score (nSPS) is 15.4. The predicted molar refractivity (Wildman–Crippen MR) is 148 cm³/mol. The van der Waals surface area contributed by atoms with Crippen molar-refractivity contribution in [1.29, 1.82) is 0 Å². The van der Waals surface area contributed by atoms with Gasteiger partial charge in [0.25, 0.3) is 0 Å². The summed E-state index contributed by atoms with van der Waals surface area (Å²) in [7, 11) is -4.71. The van der Waals surface area contributed by atoms with Crippen LogP contribution in [0.15, 0.2) is 48.5 Å². The summed E-state index contributed by atoms with van der Waals surface area (Å²) in [5.74, 6) is -0.708. The Kier molecular flexibility index (Phi) is 6.81. The molecule has 3 aromatic rings. The Balaban J connectivity index is 1.27. The number of nitrogens with two attached hydrogens (primary N) is 1. The van der Waals surface area contributed by atoms with E-state index in [4.69, 9.17) is 10.5 Å². The minimum atomic E-state index is -4.71. The largest absolute Gasteiger partial charge is 0.448 e. The van der Waals surface area contributed by atoms with Gasteiger partial charge in [-0.3, -0.25) is 0 Å². The van der Waals surface area contributed by atoms with Gasteiger partial charge in [0, 0.05) is 43.5 Å². The fraction of sp³-hybridized carbons (Fsp3) is 0.345. The minimum Gasteiger partial charge on any atom is -0.448 e.